The van der Waals surface area contributed by atoms with Crippen molar-refractivity contribution in [2.75, 3.05) is 13.2 Å². The highest BCUT2D eigenvalue weighted by molar-refractivity contribution is 9.10. The van der Waals surface area contributed by atoms with Crippen molar-refractivity contribution >= 4 is 39.2 Å². The number of imidazole rings is 1. The number of halogens is 2. The van der Waals surface area contributed by atoms with E-state index in [1.54, 1.807) is 6.07 Å². The number of hydrogen-bond acceptors (Lipinski definition) is 2. The van der Waals surface area contributed by atoms with Crippen LogP contribution in [0.15, 0.2) is 16.6 Å². The third-order valence-corrected chi connectivity index (χ3v) is 3.77. The molecule has 1 heterocycles. The van der Waals surface area contributed by atoms with Crippen molar-refractivity contribution in [1.29, 1.82) is 0 Å². The largest absolute Gasteiger partial charge is 0.381 e. The molecule has 0 saturated carbocycles. The minimum absolute atomic E-state index is 0.280. The van der Waals surface area contributed by atoms with Gasteiger partial charge in [0.1, 0.15) is 5.82 Å². The molecule has 0 amide bonds. The average molecular weight is 347 g/mol. The quantitative estimate of drug-likeness (QED) is 0.619. The molecule has 2 rings (SSSR count). The molecule has 1 N–H and O–H groups in total. The summed E-state index contributed by atoms with van der Waals surface area (Å²) in [6, 6.07) is 3.21. The van der Waals surface area contributed by atoms with Gasteiger partial charge in [-0.2, -0.15) is 0 Å². The molecule has 0 unspecified atom stereocenters. The van der Waals surface area contributed by atoms with Gasteiger partial charge in [-0.25, -0.2) is 4.39 Å². The fourth-order valence-corrected chi connectivity index (χ4v) is 2.59. The molecular formula is C13H16BrFN2OS. The van der Waals surface area contributed by atoms with Crippen LogP contribution in [-0.4, -0.2) is 22.8 Å². The standard InChI is InChI=1S/C13H16BrFN2OS/c1-2-5-18-6-3-4-17-12-8-10(15)9(14)7-11(12)16-13(17)19/h7-8H,2-6H2,1H3,(H,16,19). The molecular weight excluding hydrogens is 331 g/mol. The van der Waals surface area contributed by atoms with Crippen LogP contribution in [0.25, 0.3) is 11.0 Å². The Morgan fingerprint density at radius 1 is 1.42 bits per heavy atom. The fraction of sp³-hybridized carbons (Fsp3) is 0.462. The molecule has 19 heavy (non-hydrogen) atoms. The Kier molecular flexibility index (Phi) is 5.13. The number of nitrogens with zero attached hydrogens (tertiary/aromatic N) is 1. The van der Waals surface area contributed by atoms with Gasteiger partial charge >= 0.3 is 0 Å². The number of aromatic amines is 1. The van der Waals surface area contributed by atoms with E-state index in [9.17, 15) is 4.39 Å². The molecule has 0 saturated heterocycles. The maximum absolute atomic E-state index is 13.6. The Morgan fingerprint density at radius 3 is 2.95 bits per heavy atom. The number of hydrogen-bond donors (Lipinski definition) is 1. The number of H-pyrrole nitrogens is 1. The van der Waals surface area contributed by atoms with E-state index in [2.05, 4.69) is 27.8 Å². The van der Waals surface area contributed by atoms with Gasteiger partial charge in [-0.3, -0.25) is 0 Å². The monoisotopic (exact) mass is 346 g/mol. The molecule has 104 valence electrons. The first kappa shape index (κ1) is 14.7. The van der Waals surface area contributed by atoms with Crippen LogP contribution in [0, 0.1) is 10.6 Å². The zero-order valence-corrected chi connectivity index (χ0v) is 13.1. The molecule has 6 heteroatoms. The third kappa shape index (κ3) is 3.43. The molecule has 1 aromatic carbocycles. The lowest BCUT2D eigenvalue weighted by Gasteiger charge is -2.05. The summed E-state index contributed by atoms with van der Waals surface area (Å²) < 4.78 is 22.0. The number of benzene rings is 1. The smallest absolute Gasteiger partial charge is 0.178 e. The zero-order chi connectivity index (χ0) is 13.8. The molecule has 0 spiro atoms. The molecule has 0 aliphatic carbocycles. The van der Waals surface area contributed by atoms with Crippen LogP contribution in [-0.2, 0) is 11.3 Å². The van der Waals surface area contributed by atoms with Crippen molar-refractivity contribution < 1.29 is 9.13 Å². The van der Waals surface area contributed by atoms with E-state index in [0.29, 0.717) is 15.9 Å². The minimum Gasteiger partial charge on any atom is -0.381 e. The lowest BCUT2D eigenvalue weighted by atomic mass is 10.3. The van der Waals surface area contributed by atoms with Gasteiger partial charge in [0.25, 0.3) is 0 Å². The Balaban J connectivity index is 2.16. The van der Waals surface area contributed by atoms with E-state index in [1.807, 2.05) is 4.57 Å². The molecule has 0 radical (unpaired) electrons. The zero-order valence-electron chi connectivity index (χ0n) is 10.7. The average Bonchev–Trinajstić information content (AvgIpc) is 2.66. The van der Waals surface area contributed by atoms with E-state index >= 15 is 0 Å². The second-order valence-corrected chi connectivity index (χ2v) is 5.57. The lowest BCUT2D eigenvalue weighted by Crippen LogP contribution is -2.03. The van der Waals surface area contributed by atoms with Crippen molar-refractivity contribution in [3.8, 4) is 0 Å². The number of ether oxygens (including phenoxy) is 1. The Bertz CT molecular complexity index is 623. The van der Waals surface area contributed by atoms with Crippen molar-refractivity contribution in [3.05, 3.63) is 27.2 Å². The lowest BCUT2D eigenvalue weighted by molar-refractivity contribution is 0.129. The topological polar surface area (TPSA) is 29.9 Å². The molecule has 3 nitrogen and oxygen atoms in total. The summed E-state index contributed by atoms with van der Waals surface area (Å²) in [7, 11) is 0. The van der Waals surface area contributed by atoms with Crippen LogP contribution in [0.3, 0.4) is 0 Å². The summed E-state index contributed by atoms with van der Waals surface area (Å²) in [5.74, 6) is -0.280. The SMILES string of the molecule is CCCOCCCn1c(=S)[nH]c2cc(Br)c(F)cc21. The van der Waals surface area contributed by atoms with Gasteiger partial charge in [0.2, 0.25) is 0 Å². The Labute approximate surface area is 124 Å². The van der Waals surface area contributed by atoms with E-state index in [-0.39, 0.29) is 5.82 Å². The predicted molar refractivity (Wildman–Crippen MR) is 80.5 cm³/mol. The first-order valence-corrected chi connectivity index (χ1v) is 7.49. The Hall–Kier alpha value is -0.720. The summed E-state index contributed by atoms with van der Waals surface area (Å²) in [6.07, 6.45) is 1.88. The van der Waals surface area contributed by atoms with E-state index in [0.717, 1.165) is 37.0 Å². The van der Waals surface area contributed by atoms with Gasteiger partial charge in [0.05, 0.1) is 15.5 Å². The number of aryl methyl sites for hydroxylation is 1. The summed E-state index contributed by atoms with van der Waals surface area (Å²) in [5, 5.41) is 0. The first-order chi connectivity index (χ1) is 9.13. The Morgan fingerprint density at radius 2 is 2.21 bits per heavy atom. The number of aromatic nitrogens is 2. The maximum atomic E-state index is 13.6. The van der Waals surface area contributed by atoms with Crippen LogP contribution in [0.1, 0.15) is 19.8 Å². The van der Waals surface area contributed by atoms with Gasteiger partial charge in [-0.1, -0.05) is 6.92 Å². The summed E-state index contributed by atoms with van der Waals surface area (Å²) >= 11 is 8.44. The normalized spacial score (nSPS) is 11.3. The summed E-state index contributed by atoms with van der Waals surface area (Å²) in [6.45, 7) is 4.28. The second-order valence-electron chi connectivity index (χ2n) is 4.33. The number of rotatable bonds is 6. The van der Waals surface area contributed by atoms with Gasteiger partial charge in [0.15, 0.2) is 4.77 Å². The van der Waals surface area contributed by atoms with Gasteiger partial charge in [-0.15, -0.1) is 0 Å². The number of fused-ring (bicyclic) bond motifs is 1. The van der Waals surface area contributed by atoms with E-state index < -0.39 is 0 Å². The van der Waals surface area contributed by atoms with E-state index in [1.165, 1.54) is 6.07 Å². The van der Waals surface area contributed by atoms with Crippen LogP contribution in [0.2, 0.25) is 0 Å². The van der Waals surface area contributed by atoms with Gasteiger partial charge < -0.3 is 14.3 Å². The minimum atomic E-state index is -0.280. The summed E-state index contributed by atoms with van der Waals surface area (Å²) in [4.78, 5) is 3.09. The predicted octanol–water partition coefficient (Wildman–Crippen LogP) is 4.42. The van der Waals surface area contributed by atoms with Gasteiger partial charge in [0, 0.05) is 25.8 Å². The highest BCUT2D eigenvalue weighted by Crippen LogP contribution is 2.23. The molecule has 0 bridgehead atoms. The van der Waals surface area contributed by atoms with Crippen molar-refractivity contribution in [3.63, 3.8) is 0 Å². The maximum Gasteiger partial charge on any atom is 0.178 e. The first-order valence-electron chi connectivity index (χ1n) is 6.28. The van der Waals surface area contributed by atoms with Crippen molar-refractivity contribution in [2.24, 2.45) is 0 Å². The highest BCUT2D eigenvalue weighted by atomic mass is 79.9. The van der Waals surface area contributed by atoms with Crippen LogP contribution < -0.4 is 0 Å². The van der Waals surface area contributed by atoms with Crippen LogP contribution in [0.5, 0.6) is 0 Å². The highest BCUT2D eigenvalue weighted by Gasteiger charge is 2.08. The van der Waals surface area contributed by atoms with Crippen LogP contribution >= 0.6 is 28.1 Å². The molecule has 0 aliphatic heterocycles. The molecule has 0 aliphatic rings. The molecule has 1 aromatic heterocycles. The van der Waals surface area contributed by atoms with Crippen molar-refractivity contribution in [2.45, 2.75) is 26.3 Å². The van der Waals surface area contributed by atoms with E-state index in [4.69, 9.17) is 17.0 Å². The number of nitrogens with one attached hydrogen (secondary N) is 1. The summed E-state index contributed by atoms with van der Waals surface area (Å²) in [5.41, 5.74) is 1.63. The second kappa shape index (κ2) is 6.63. The van der Waals surface area contributed by atoms with Gasteiger partial charge in [-0.05, 0) is 47.1 Å². The molecule has 0 atom stereocenters. The molecule has 2 aromatic rings. The van der Waals surface area contributed by atoms with Crippen LogP contribution in [0.4, 0.5) is 4.39 Å². The van der Waals surface area contributed by atoms with Crippen molar-refractivity contribution in [1.82, 2.24) is 9.55 Å². The third-order valence-electron chi connectivity index (χ3n) is 2.84. The fourth-order valence-electron chi connectivity index (χ4n) is 1.94. The molecule has 0 fully saturated rings.